The lowest BCUT2D eigenvalue weighted by molar-refractivity contribution is -0.202. The summed E-state index contributed by atoms with van der Waals surface area (Å²) in [5, 5.41) is 11.3. The molecule has 0 unspecified atom stereocenters. The number of fused-ring (bicyclic) bond motifs is 5. The first-order chi connectivity index (χ1) is 15.6. The highest BCUT2D eigenvalue weighted by Crippen LogP contribution is 2.70. The van der Waals surface area contributed by atoms with Gasteiger partial charge in [0.1, 0.15) is 12.8 Å². The van der Waals surface area contributed by atoms with Crippen molar-refractivity contribution in [1.29, 1.82) is 0 Å². The highest BCUT2D eigenvalue weighted by molar-refractivity contribution is 6.01. The van der Waals surface area contributed by atoms with Crippen LogP contribution in [0.25, 0.3) is 0 Å². The molecule has 0 aromatic heterocycles. The van der Waals surface area contributed by atoms with Gasteiger partial charge in [-0.25, -0.2) is 8.78 Å². The van der Waals surface area contributed by atoms with Gasteiger partial charge in [0.15, 0.2) is 17.2 Å². The minimum absolute atomic E-state index is 0.0419. The predicted octanol–water partition coefficient (Wildman–Crippen LogP) is 4.33. The molecule has 0 saturated heterocycles. The highest BCUT2D eigenvalue weighted by atomic mass is 19.1. The molecule has 4 aliphatic rings. The van der Waals surface area contributed by atoms with Crippen molar-refractivity contribution in [3.63, 3.8) is 0 Å². The number of esters is 1. The number of hydrogen-bond donors (Lipinski definition) is 1. The molecule has 4 rings (SSSR count). The van der Waals surface area contributed by atoms with Crippen molar-refractivity contribution in [1.82, 2.24) is 0 Å². The van der Waals surface area contributed by atoms with Gasteiger partial charge in [0.05, 0.1) is 11.5 Å². The van der Waals surface area contributed by atoms with Gasteiger partial charge < -0.3 is 9.84 Å². The number of alkyl halides is 2. The molecule has 3 fully saturated rings. The zero-order valence-corrected chi connectivity index (χ0v) is 20.9. The second-order valence-electron chi connectivity index (χ2n) is 12.4. The Balaban J connectivity index is 1.67. The average molecular weight is 479 g/mol. The zero-order chi connectivity index (χ0) is 25.4. The van der Waals surface area contributed by atoms with E-state index in [4.69, 9.17) is 4.74 Å². The third kappa shape index (κ3) is 3.36. The van der Waals surface area contributed by atoms with Crippen LogP contribution in [0.2, 0.25) is 0 Å². The second kappa shape index (κ2) is 7.81. The molecule has 1 N–H and O–H groups in total. The number of Topliss-reactive ketones (excluding diaryl/α,β-unsaturated/α-hetero) is 1. The van der Waals surface area contributed by atoms with E-state index in [-0.39, 0.29) is 48.4 Å². The molecular formula is C27H36F2O5. The molecule has 7 heteroatoms. The maximum Gasteiger partial charge on any atom is 0.311 e. The molecule has 188 valence electrons. The molecule has 0 spiro atoms. The van der Waals surface area contributed by atoms with Gasteiger partial charge in [0.25, 0.3) is 0 Å². The molecule has 0 bridgehead atoms. The van der Waals surface area contributed by atoms with E-state index >= 15 is 8.78 Å². The molecule has 34 heavy (non-hydrogen) atoms. The van der Waals surface area contributed by atoms with E-state index in [0.717, 1.165) is 0 Å². The van der Waals surface area contributed by atoms with E-state index in [1.807, 2.05) is 13.8 Å². The first kappa shape index (κ1) is 25.2. The quantitative estimate of drug-likeness (QED) is 0.611. The summed E-state index contributed by atoms with van der Waals surface area (Å²) in [6.45, 7) is 10.1. The first-order valence-corrected chi connectivity index (χ1v) is 12.2. The van der Waals surface area contributed by atoms with Crippen molar-refractivity contribution < 1.29 is 33.0 Å². The predicted molar refractivity (Wildman–Crippen MR) is 122 cm³/mol. The van der Waals surface area contributed by atoms with Crippen LogP contribution < -0.4 is 0 Å². The summed E-state index contributed by atoms with van der Waals surface area (Å²) in [5.74, 6) is -2.89. The van der Waals surface area contributed by atoms with Crippen LogP contribution in [0.15, 0.2) is 23.8 Å². The molecular weight excluding hydrogens is 442 g/mol. The molecule has 0 aliphatic heterocycles. The van der Waals surface area contributed by atoms with Gasteiger partial charge in [-0.05, 0) is 81.9 Å². The van der Waals surface area contributed by atoms with Gasteiger partial charge in [-0.15, -0.1) is 0 Å². The Morgan fingerprint density at radius 1 is 1.21 bits per heavy atom. The van der Waals surface area contributed by atoms with Crippen molar-refractivity contribution in [2.75, 3.05) is 6.61 Å². The number of ether oxygens (including phenoxy) is 1. The van der Waals surface area contributed by atoms with Crippen LogP contribution >= 0.6 is 0 Å². The number of rotatable bonds is 3. The lowest BCUT2D eigenvalue weighted by atomic mass is 9.45. The maximum atomic E-state index is 17.1. The number of allylic oxidation sites excluding steroid dienone is 4. The molecule has 9 atom stereocenters. The van der Waals surface area contributed by atoms with Crippen molar-refractivity contribution >= 4 is 17.5 Å². The van der Waals surface area contributed by atoms with Crippen molar-refractivity contribution in [3.8, 4) is 0 Å². The van der Waals surface area contributed by atoms with Crippen LogP contribution in [0.3, 0.4) is 0 Å². The molecule has 0 radical (unpaired) electrons. The SMILES string of the molecule is C[C@@H]1C[C@H]2[C@@H]3C[C@H](F)C4=CC(=O)C=C[C@]4(C)[C@@]3(F)[C@@H](O)C[C@]2(C)[C@H]1C(=O)COC(=O)C(C)(C)C. The Hall–Kier alpha value is -1.89. The average Bonchev–Trinajstić information content (AvgIpc) is 2.99. The number of carbonyl (C=O) groups is 3. The number of aliphatic hydroxyl groups is 1. The zero-order valence-electron chi connectivity index (χ0n) is 20.9. The normalized spacial score (nSPS) is 45.7. The van der Waals surface area contributed by atoms with Crippen LogP contribution in [0, 0.1) is 39.9 Å². The highest BCUT2D eigenvalue weighted by Gasteiger charge is 2.73. The number of hydrogen-bond acceptors (Lipinski definition) is 5. The molecule has 5 nitrogen and oxygen atoms in total. The lowest BCUT2D eigenvalue weighted by Crippen LogP contribution is -2.68. The smallest absolute Gasteiger partial charge is 0.311 e. The molecule has 0 aromatic rings. The van der Waals surface area contributed by atoms with Gasteiger partial charge >= 0.3 is 5.97 Å². The molecule has 4 aliphatic carbocycles. The number of halogens is 2. The Bertz CT molecular complexity index is 980. The topological polar surface area (TPSA) is 80.7 Å². The molecule has 3 saturated carbocycles. The largest absolute Gasteiger partial charge is 0.457 e. The third-order valence-electron chi connectivity index (χ3n) is 9.27. The van der Waals surface area contributed by atoms with E-state index < -0.39 is 52.0 Å². The van der Waals surface area contributed by atoms with Gasteiger partial charge in [-0.1, -0.05) is 19.9 Å². The van der Waals surface area contributed by atoms with Crippen molar-refractivity contribution in [3.05, 3.63) is 23.8 Å². The fourth-order valence-electron chi connectivity index (χ4n) is 7.70. The Morgan fingerprint density at radius 2 is 1.85 bits per heavy atom. The minimum atomic E-state index is -2.15. The van der Waals surface area contributed by atoms with Crippen LogP contribution in [0.5, 0.6) is 0 Å². The maximum absolute atomic E-state index is 17.1. The minimum Gasteiger partial charge on any atom is -0.457 e. The van der Waals surface area contributed by atoms with Crippen molar-refractivity contribution in [2.45, 2.75) is 78.7 Å². The van der Waals surface area contributed by atoms with Crippen LogP contribution in [0.1, 0.15) is 60.8 Å². The standard InChI is InChI=1S/C27H36F2O5/c1-14-9-16-17-11-19(28)18-10-15(30)7-8-26(18,6)27(17,29)21(32)12-25(16,5)22(14)20(31)13-34-23(33)24(2,3)4/h7-8,10,14,16-17,19,21-22,32H,9,11-13H2,1-6H3/t14-,16+,17+,19+,21+,22-,25+,26+,27+/m1/s1. The fraction of sp³-hybridized carbons (Fsp3) is 0.741. The van der Waals surface area contributed by atoms with E-state index in [2.05, 4.69) is 0 Å². The van der Waals surface area contributed by atoms with Gasteiger partial charge in [0, 0.05) is 17.3 Å². The van der Waals surface area contributed by atoms with E-state index in [9.17, 15) is 19.5 Å². The summed E-state index contributed by atoms with van der Waals surface area (Å²) >= 11 is 0. The summed E-state index contributed by atoms with van der Waals surface area (Å²) in [6.07, 6.45) is 1.35. The second-order valence-corrected chi connectivity index (χ2v) is 12.4. The fourth-order valence-corrected chi connectivity index (χ4v) is 7.70. The number of aliphatic hydroxyl groups excluding tert-OH is 1. The summed E-state index contributed by atoms with van der Waals surface area (Å²) in [6, 6.07) is 0. The van der Waals surface area contributed by atoms with Gasteiger partial charge in [0.2, 0.25) is 0 Å². The monoisotopic (exact) mass is 478 g/mol. The van der Waals surface area contributed by atoms with E-state index in [1.54, 1.807) is 27.7 Å². The summed E-state index contributed by atoms with van der Waals surface area (Å²) < 4.78 is 37.8. The Kier molecular flexibility index (Phi) is 5.79. The van der Waals surface area contributed by atoms with Crippen LogP contribution in [0.4, 0.5) is 8.78 Å². The third-order valence-corrected chi connectivity index (χ3v) is 9.27. The Morgan fingerprint density at radius 3 is 2.47 bits per heavy atom. The summed E-state index contributed by atoms with van der Waals surface area (Å²) in [4.78, 5) is 37.4. The Labute approximate surface area is 200 Å². The summed E-state index contributed by atoms with van der Waals surface area (Å²) in [5.41, 5.74) is -4.99. The van der Waals surface area contributed by atoms with E-state index in [1.165, 1.54) is 18.2 Å². The van der Waals surface area contributed by atoms with E-state index in [0.29, 0.717) is 6.42 Å². The van der Waals surface area contributed by atoms with Gasteiger partial charge in [-0.3, -0.25) is 14.4 Å². The molecule has 0 heterocycles. The van der Waals surface area contributed by atoms with Crippen LogP contribution in [-0.4, -0.2) is 47.2 Å². The number of carbonyl (C=O) groups excluding carboxylic acids is 3. The van der Waals surface area contributed by atoms with Gasteiger partial charge in [-0.2, -0.15) is 0 Å². The molecule has 0 aromatic carbocycles. The molecule has 0 amide bonds. The summed E-state index contributed by atoms with van der Waals surface area (Å²) in [7, 11) is 0. The first-order valence-electron chi connectivity index (χ1n) is 12.2. The lowest BCUT2D eigenvalue weighted by Gasteiger charge is -2.62. The van der Waals surface area contributed by atoms with Crippen molar-refractivity contribution in [2.24, 2.45) is 39.9 Å². The number of ketones is 2. The van der Waals surface area contributed by atoms with Crippen LogP contribution in [-0.2, 0) is 19.1 Å².